The molecule has 0 radical (unpaired) electrons. The molecule has 2 heteroatoms. The molecule has 0 spiro atoms. The fraction of sp³-hybridized carbons (Fsp3) is 0.235. The quantitative estimate of drug-likeness (QED) is 0.801. The third-order valence-corrected chi connectivity index (χ3v) is 4.34. The van der Waals surface area contributed by atoms with Gasteiger partial charge in [0, 0.05) is 16.0 Å². The van der Waals surface area contributed by atoms with Crippen LogP contribution in [-0.4, -0.2) is 5.78 Å². The molecule has 0 fully saturated rings. The van der Waals surface area contributed by atoms with E-state index in [1.807, 2.05) is 30.3 Å². The van der Waals surface area contributed by atoms with Gasteiger partial charge in [-0.1, -0.05) is 52.3 Å². The molecule has 0 saturated heterocycles. The van der Waals surface area contributed by atoms with Gasteiger partial charge in [0.1, 0.15) is 0 Å². The van der Waals surface area contributed by atoms with Crippen molar-refractivity contribution in [3.8, 4) is 0 Å². The second kappa shape index (κ2) is 5.30. The largest absolute Gasteiger partial charge is 0.294 e. The summed E-state index contributed by atoms with van der Waals surface area (Å²) in [6, 6.07) is 16.3. The Balaban J connectivity index is 1.81. The number of Topliss-reactive ketones (excluding diaryl/α,β-unsaturated/α-hetero) is 1. The minimum absolute atomic E-state index is 0.135. The van der Waals surface area contributed by atoms with E-state index in [1.54, 1.807) is 0 Å². The summed E-state index contributed by atoms with van der Waals surface area (Å²) in [5, 5.41) is 0. The smallest absolute Gasteiger partial charge is 0.166 e. The summed E-state index contributed by atoms with van der Waals surface area (Å²) in [7, 11) is 0. The first-order chi connectivity index (χ1) is 9.24. The fourth-order valence-electron chi connectivity index (χ4n) is 2.76. The number of halogens is 1. The Morgan fingerprint density at radius 2 is 1.79 bits per heavy atom. The van der Waals surface area contributed by atoms with Crippen LogP contribution in [0.15, 0.2) is 53.0 Å². The van der Waals surface area contributed by atoms with Gasteiger partial charge < -0.3 is 0 Å². The lowest BCUT2D eigenvalue weighted by Gasteiger charge is -2.23. The molecule has 2 aromatic carbocycles. The molecule has 0 amide bonds. The highest BCUT2D eigenvalue weighted by atomic mass is 79.9. The first-order valence-corrected chi connectivity index (χ1v) is 7.40. The van der Waals surface area contributed by atoms with Crippen molar-refractivity contribution < 1.29 is 4.79 Å². The summed E-state index contributed by atoms with van der Waals surface area (Å²) >= 11 is 3.44. The average Bonchev–Trinajstić information content (AvgIpc) is 2.45. The van der Waals surface area contributed by atoms with Gasteiger partial charge in [-0.2, -0.15) is 0 Å². The number of carbonyl (C=O) groups excluding carboxylic acids is 1. The van der Waals surface area contributed by atoms with Gasteiger partial charge in [0.05, 0.1) is 0 Å². The van der Waals surface area contributed by atoms with Crippen LogP contribution in [0, 0.1) is 5.92 Å². The molecule has 3 rings (SSSR count). The van der Waals surface area contributed by atoms with Crippen molar-refractivity contribution in [2.24, 2.45) is 5.92 Å². The summed E-state index contributed by atoms with van der Waals surface area (Å²) in [5.74, 6) is 0.445. The highest BCUT2D eigenvalue weighted by molar-refractivity contribution is 9.10. The maximum atomic E-state index is 12.5. The highest BCUT2D eigenvalue weighted by Gasteiger charge is 2.26. The van der Waals surface area contributed by atoms with Crippen molar-refractivity contribution in [1.29, 1.82) is 0 Å². The lowest BCUT2D eigenvalue weighted by Crippen LogP contribution is -2.24. The molecule has 0 saturated carbocycles. The summed E-state index contributed by atoms with van der Waals surface area (Å²) in [6.07, 6.45) is 2.83. The van der Waals surface area contributed by atoms with E-state index >= 15 is 0 Å². The molecule has 0 aromatic heterocycles. The highest BCUT2D eigenvalue weighted by Crippen LogP contribution is 2.28. The van der Waals surface area contributed by atoms with Gasteiger partial charge in [-0.05, 0) is 42.5 Å². The molecule has 0 bridgehead atoms. The minimum atomic E-state index is 0.135. The Labute approximate surface area is 121 Å². The molecule has 0 heterocycles. The molecule has 1 nitrogen and oxygen atoms in total. The predicted octanol–water partition coefficient (Wildman–Crippen LogP) is 4.44. The van der Waals surface area contributed by atoms with Crippen molar-refractivity contribution in [3.63, 3.8) is 0 Å². The maximum Gasteiger partial charge on any atom is 0.166 e. The van der Waals surface area contributed by atoms with E-state index in [0.29, 0.717) is 5.78 Å². The Bertz CT molecular complexity index is 601. The summed E-state index contributed by atoms with van der Waals surface area (Å²) in [4.78, 5) is 12.5. The zero-order valence-corrected chi connectivity index (χ0v) is 12.2. The molecular formula is C17H15BrO. The van der Waals surface area contributed by atoms with Gasteiger partial charge in [0.25, 0.3) is 0 Å². The lowest BCUT2D eigenvalue weighted by atomic mass is 9.80. The van der Waals surface area contributed by atoms with Gasteiger partial charge in [-0.3, -0.25) is 4.79 Å². The molecule has 96 valence electrons. The van der Waals surface area contributed by atoms with Crippen LogP contribution in [0.25, 0.3) is 0 Å². The number of fused-ring (bicyclic) bond motifs is 1. The molecule has 2 aromatic rings. The van der Waals surface area contributed by atoms with Crippen molar-refractivity contribution in [3.05, 3.63) is 69.7 Å². The summed E-state index contributed by atoms with van der Waals surface area (Å²) in [5.41, 5.74) is 3.37. The number of hydrogen-bond donors (Lipinski definition) is 0. The van der Waals surface area contributed by atoms with Crippen molar-refractivity contribution in [1.82, 2.24) is 0 Å². The van der Waals surface area contributed by atoms with E-state index in [4.69, 9.17) is 0 Å². The molecule has 1 atom stereocenters. The first kappa shape index (κ1) is 12.6. The number of rotatable bonds is 2. The van der Waals surface area contributed by atoms with Gasteiger partial charge in [0.15, 0.2) is 5.78 Å². The van der Waals surface area contributed by atoms with Crippen molar-refractivity contribution in [2.45, 2.75) is 19.3 Å². The number of carbonyl (C=O) groups is 1. The predicted molar refractivity (Wildman–Crippen MR) is 80.4 cm³/mol. The van der Waals surface area contributed by atoms with Crippen molar-refractivity contribution >= 4 is 21.7 Å². The Morgan fingerprint density at radius 1 is 1.05 bits per heavy atom. The summed E-state index contributed by atoms with van der Waals surface area (Å²) < 4.78 is 1.08. The normalized spacial score (nSPS) is 18.2. The maximum absolute atomic E-state index is 12.5. The fourth-order valence-corrected chi connectivity index (χ4v) is 3.02. The number of hydrogen-bond acceptors (Lipinski definition) is 1. The Morgan fingerprint density at radius 3 is 2.58 bits per heavy atom. The van der Waals surface area contributed by atoms with Gasteiger partial charge in [-0.25, -0.2) is 0 Å². The minimum Gasteiger partial charge on any atom is -0.294 e. The van der Waals surface area contributed by atoms with Crippen LogP contribution in [0.1, 0.15) is 27.9 Å². The molecule has 1 aliphatic rings. The van der Waals surface area contributed by atoms with Gasteiger partial charge in [0.2, 0.25) is 0 Å². The van der Waals surface area contributed by atoms with Crippen LogP contribution >= 0.6 is 15.9 Å². The second-order valence-corrected chi connectivity index (χ2v) is 6.00. The molecule has 1 unspecified atom stereocenters. The zero-order chi connectivity index (χ0) is 13.2. The average molecular weight is 315 g/mol. The standard InChI is InChI=1S/C17H15BrO/c18-15-9-5-12(6-10-15)11-14-8-7-13-3-1-2-4-16(13)17(14)19/h1-6,9-10,14H,7-8,11H2. The summed E-state index contributed by atoms with van der Waals surface area (Å²) in [6.45, 7) is 0. The molecular weight excluding hydrogens is 300 g/mol. The number of ketones is 1. The molecule has 1 aliphatic carbocycles. The Hall–Kier alpha value is -1.41. The van der Waals surface area contributed by atoms with E-state index < -0.39 is 0 Å². The first-order valence-electron chi connectivity index (χ1n) is 6.60. The third-order valence-electron chi connectivity index (χ3n) is 3.81. The van der Waals surface area contributed by atoms with Gasteiger partial charge >= 0.3 is 0 Å². The van der Waals surface area contributed by atoms with Crippen LogP contribution in [0.2, 0.25) is 0 Å². The molecule has 0 N–H and O–H groups in total. The molecule has 19 heavy (non-hydrogen) atoms. The monoisotopic (exact) mass is 314 g/mol. The SMILES string of the molecule is O=C1c2ccccc2CCC1Cc1ccc(Br)cc1. The molecule has 0 aliphatic heterocycles. The Kier molecular flexibility index (Phi) is 3.52. The van der Waals surface area contributed by atoms with E-state index in [1.165, 1.54) is 11.1 Å². The van der Waals surface area contributed by atoms with E-state index in [0.717, 1.165) is 29.3 Å². The van der Waals surface area contributed by atoms with Crippen LogP contribution in [0.4, 0.5) is 0 Å². The number of benzene rings is 2. The van der Waals surface area contributed by atoms with E-state index in [2.05, 4.69) is 34.1 Å². The van der Waals surface area contributed by atoms with Crippen molar-refractivity contribution in [2.75, 3.05) is 0 Å². The third kappa shape index (κ3) is 2.64. The van der Waals surface area contributed by atoms with E-state index in [-0.39, 0.29) is 5.92 Å². The zero-order valence-electron chi connectivity index (χ0n) is 10.6. The van der Waals surface area contributed by atoms with Crippen LogP contribution in [0.3, 0.4) is 0 Å². The second-order valence-electron chi connectivity index (χ2n) is 5.09. The number of aryl methyl sites for hydroxylation is 1. The topological polar surface area (TPSA) is 17.1 Å². The van der Waals surface area contributed by atoms with Crippen LogP contribution in [-0.2, 0) is 12.8 Å². The van der Waals surface area contributed by atoms with Crippen LogP contribution < -0.4 is 0 Å². The lowest BCUT2D eigenvalue weighted by molar-refractivity contribution is 0.0901. The van der Waals surface area contributed by atoms with Gasteiger partial charge in [-0.15, -0.1) is 0 Å². The van der Waals surface area contributed by atoms with Crippen LogP contribution in [0.5, 0.6) is 0 Å². The van der Waals surface area contributed by atoms with E-state index in [9.17, 15) is 4.79 Å².